The van der Waals surface area contributed by atoms with Crippen molar-refractivity contribution in [1.29, 1.82) is 0 Å². The molecule has 1 heterocycles. The summed E-state index contributed by atoms with van der Waals surface area (Å²) in [5, 5.41) is 51.7. The number of halogens is 1. The van der Waals surface area contributed by atoms with E-state index in [2.05, 4.69) is 5.32 Å². The van der Waals surface area contributed by atoms with Gasteiger partial charge in [0.05, 0.1) is 11.5 Å². The van der Waals surface area contributed by atoms with Gasteiger partial charge in [0.2, 0.25) is 0 Å². The molecule has 1 fully saturated rings. The number of nitrogens with zero attached hydrogens (tertiary/aromatic N) is 1. The lowest BCUT2D eigenvalue weighted by Gasteiger charge is -2.40. The van der Waals surface area contributed by atoms with Crippen LogP contribution in [0.4, 0.5) is 11.4 Å². The molecular weight excluding hydrogens is 320 g/mol. The van der Waals surface area contributed by atoms with Gasteiger partial charge in [0.1, 0.15) is 29.4 Å². The van der Waals surface area contributed by atoms with Gasteiger partial charge < -0.3 is 30.5 Å². The number of nitrogens with one attached hydrogen (secondary N) is 1. The largest absolute Gasteiger partial charge is 0.394 e. The molecular formula is C12H15ClN2O7. The van der Waals surface area contributed by atoms with Crippen LogP contribution in [0.25, 0.3) is 0 Å². The minimum atomic E-state index is -1.54. The number of rotatable bonds is 4. The maximum atomic E-state index is 10.8. The number of benzene rings is 1. The molecule has 5 atom stereocenters. The molecule has 5 N–H and O–H groups in total. The number of hydrogen-bond donors (Lipinski definition) is 5. The van der Waals surface area contributed by atoms with Crippen LogP contribution in [0.1, 0.15) is 0 Å². The SMILES string of the molecule is O=[N+]([O-])c1cc(N[C@H]2O[C@@H](CO)[C@H](O)[C@@H](O)[C@@H]2O)ccc1Cl. The summed E-state index contributed by atoms with van der Waals surface area (Å²) in [5.74, 6) is 0. The lowest BCUT2D eigenvalue weighted by atomic mass is 9.98. The summed E-state index contributed by atoms with van der Waals surface area (Å²) in [6, 6.07) is 3.87. The third kappa shape index (κ3) is 3.29. The number of nitro groups is 1. The monoisotopic (exact) mass is 334 g/mol. The Morgan fingerprint density at radius 2 is 1.95 bits per heavy atom. The smallest absolute Gasteiger partial charge is 0.289 e. The van der Waals surface area contributed by atoms with Gasteiger partial charge in [-0.15, -0.1) is 0 Å². The highest BCUT2D eigenvalue weighted by Crippen LogP contribution is 2.29. The second-order valence-electron chi connectivity index (χ2n) is 4.82. The van der Waals surface area contributed by atoms with Crippen molar-refractivity contribution < 1.29 is 30.1 Å². The van der Waals surface area contributed by atoms with Gasteiger partial charge in [0.15, 0.2) is 6.23 Å². The maximum Gasteiger partial charge on any atom is 0.289 e. The van der Waals surface area contributed by atoms with E-state index in [1.54, 1.807) is 0 Å². The third-order valence-electron chi connectivity index (χ3n) is 3.34. The van der Waals surface area contributed by atoms with E-state index < -0.39 is 42.2 Å². The van der Waals surface area contributed by atoms with Gasteiger partial charge in [0.25, 0.3) is 5.69 Å². The van der Waals surface area contributed by atoms with E-state index in [1.807, 2.05) is 0 Å². The zero-order valence-electron chi connectivity index (χ0n) is 11.2. The summed E-state index contributed by atoms with van der Waals surface area (Å²) < 4.78 is 5.24. The van der Waals surface area contributed by atoms with Crippen LogP contribution in [-0.2, 0) is 4.74 Å². The highest BCUT2D eigenvalue weighted by molar-refractivity contribution is 6.32. The Morgan fingerprint density at radius 3 is 2.55 bits per heavy atom. The van der Waals surface area contributed by atoms with Gasteiger partial charge in [-0.25, -0.2) is 0 Å². The predicted molar refractivity (Wildman–Crippen MR) is 75.5 cm³/mol. The Balaban J connectivity index is 2.19. The zero-order chi connectivity index (χ0) is 16.4. The van der Waals surface area contributed by atoms with Crippen molar-refractivity contribution >= 4 is 23.0 Å². The van der Waals surface area contributed by atoms with E-state index in [-0.39, 0.29) is 16.4 Å². The first-order valence-electron chi connectivity index (χ1n) is 6.36. The van der Waals surface area contributed by atoms with Crippen molar-refractivity contribution in [2.75, 3.05) is 11.9 Å². The summed E-state index contributed by atoms with van der Waals surface area (Å²) in [7, 11) is 0. The van der Waals surface area contributed by atoms with Crippen molar-refractivity contribution in [3.05, 3.63) is 33.3 Å². The van der Waals surface area contributed by atoms with Crippen LogP contribution in [0.3, 0.4) is 0 Å². The second kappa shape index (κ2) is 6.73. The van der Waals surface area contributed by atoms with Crippen LogP contribution in [-0.4, -0.2) is 62.6 Å². The first kappa shape index (κ1) is 16.9. The fraction of sp³-hybridized carbons (Fsp3) is 0.500. The van der Waals surface area contributed by atoms with Gasteiger partial charge >= 0.3 is 0 Å². The van der Waals surface area contributed by atoms with Gasteiger partial charge in [-0.05, 0) is 12.1 Å². The predicted octanol–water partition coefficient (Wildman–Crippen LogP) is -0.540. The quantitative estimate of drug-likeness (QED) is 0.364. The Kier molecular flexibility index (Phi) is 5.16. The molecule has 22 heavy (non-hydrogen) atoms. The van der Waals surface area contributed by atoms with Crippen LogP contribution in [0.2, 0.25) is 5.02 Å². The molecule has 0 bridgehead atoms. The Labute approximate surface area is 129 Å². The Morgan fingerprint density at radius 1 is 1.27 bits per heavy atom. The summed E-state index contributed by atoms with van der Waals surface area (Å²) in [5.41, 5.74) is -0.114. The highest BCUT2D eigenvalue weighted by Gasteiger charge is 2.43. The van der Waals surface area contributed by atoms with Crippen molar-refractivity contribution in [2.24, 2.45) is 0 Å². The van der Waals surface area contributed by atoms with E-state index in [1.165, 1.54) is 12.1 Å². The molecule has 0 aromatic heterocycles. The number of aliphatic hydroxyl groups excluding tert-OH is 4. The van der Waals surface area contributed by atoms with Gasteiger partial charge in [-0.2, -0.15) is 0 Å². The minimum Gasteiger partial charge on any atom is -0.394 e. The molecule has 0 saturated carbocycles. The molecule has 1 aliphatic rings. The van der Waals surface area contributed by atoms with Crippen LogP contribution in [0.5, 0.6) is 0 Å². The summed E-state index contributed by atoms with van der Waals surface area (Å²) in [6.07, 6.45) is -6.75. The number of anilines is 1. The Hall–Kier alpha value is -1.49. The van der Waals surface area contributed by atoms with Crippen LogP contribution >= 0.6 is 11.6 Å². The summed E-state index contributed by atoms with van der Waals surface area (Å²) in [4.78, 5) is 10.2. The third-order valence-corrected chi connectivity index (χ3v) is 3.66. The van der Waals surface area contributed by atoms with Gasteiger partial charge in [-0.3, -0.25) is 10.1 Å². The number of aliphatic hydroxyl groups is 4. The molecule has 1 aromatic rings. The average Bonchev–Trinajstić information content (AvgIpc) is 2.49. The molecule has 0 aliphatic carbocycles. The van der Waals surface area contributed by atoms with Crippen LogP contribution in [0.15, 0.2) is 18.2 Å². The lowest BCUT2D eigenvalue weighted by molar-refractivity contribution is -0.384. The molecule has 9 nitrogen and oxygen atoms in total. The van der Waals surface area contributed by atoms with E-state index in [4.69, 9.17) is 21.4 Å². The van der Waals surface area contributed by atoms with Crippen LogP contribution in [0, 0.1) is 10.1 Å². The molecule has 0 radical (unpaired) electrons. The first-order valence-corrected chi connectivity index (χ1v) is 6.74. The number of nitro benzene ring substituents is 1. The molecule has 1 aromatic carbocycles. The van der Waals surface area contributed by atoms with Gasteiger partial charge in [-0.1, -0.05) is 11.6 Å². The van der Waals surface area contributed by atoms with Crippen molar-refractivity contribution in [2.45, 2.75) is 30.6 Å². The molecule has 10 heteroatoms. The highest BCUT2D eigenvalue weighted by atomic mass is 35.5. The van der Waals surface area contributed by atoms with Crippen molar-refractivity contribution in [1.82, 2.24) is 0 Å². The fourth-order valence-electron chi connectivity index (χ4n) is 2.13. The topological polar surface area (TPSA) is 145 Å². The fourth-order valence-corrected chi connectivity index (χ4v) is 2.31. The average molecular weight is 335 g/mol. The number of hydrogen-bond acceptors (Lipinski definition) is 8. The molecule has 0 spiro atoms. The van der Waals surface area contributed by atoms with E-state index >= 15 is 0 Å². The maximum absolute atomic E-state index is 10.8. The Bertz CT molecular complexity index is 556. The normalized spacial score (nSPS) is 31.8. The first-order chi connectivity index (χ1) is 10.3. The molecule has 1 saturated heterocycles. The van der Waals surface area contributed by atoms with Crippen LogP contribution < -0.4 is 5.32 Å². The zero-order valence-corrected chi connectivity index (χ0v) is 11.9. The molecule has 0 unspecified atom stereocenters. The molecule has 122 valence electrons. The number of ether oxygens (including phenoxy) is 1. The lowest BCUT2D eigenvalue weighted by Crippen LogP contribution is -2.60. The van der Waals surface area contributed by atoms with Crippen molar-refractivity contribution in [3.63, 3.8) is 0 Å². The molecule has 0 amide bonds. The second-order valence-corrected chi connectivity index (χ2v) is 5.22. The minimum absolute atomic E-state index is 0.0515. The summed E-state index contributed by atoms with van der Waals surface area (Å²) >= 11 is 5.69. The van der Waals surface area contributed by atoms with Gasteiger partial charge in [0, 0.05) is 11.8 Å². The molecule has 2 rings (SSSR count). The van der Waals surface area contributed by atoms with E-state index in [9.17, 15) is 25.4 Å². The van der Waals surface area contributed by atoms with E-state index in [0.29, 0.717) is 0 Å². The molecule has 1 aliphatic heterocycles. The van der Waals surface area contributed by atoms with Crippen molar-refractivity contribution in [3.8, 4) is 0 Å². The summed E-state index contributed by atoms with van der Waals surface area (Å²) in [6.45, 7) is -0.566. The van der Waals surface area contributed by atoms with E-state index in [0.717, 1.165) is 6.07 Å². The standard InChI is InChI=1S/C12H15ClN2O7/c13-6-2-1-5(3-7(6)15(20)21)14-12-11(19)10(18)9(17)8(4-16)22-12/h1-3,8-12,14,16-19H,4H2/t8-,9-,10+,11-,12-/m0/s1.